The molecular weight excluding hydrogens is 509 g/mol. The summed E-state index contributed by atoms with van der Waals surface area (Å²) < 4.78 is 0. The summed E-state index contributed by atoms with van der Waals surface area (Å²) in [7, 11) is 0. The van der Waals surface area contributed by atoms with Crippen molar-refractivity contribution in [3.8, 4) is 0 Å². The van der Waals surface area contributed by atoms with Crippen molar-refractivity contribution in [1.82, 2.24) is 20.5 Å². The van der Waals surface area contributed by atoms with E-state index in [0.717, 1.165) is 55.7 Å². The number of aliphatic hydroxyl groups excluding tert-OH is 1. The van der Waals surface area contributed by atoms with E-state index in [1.165, 1.54) is 16.0 Å². The van der Waals surface area contributed by atoms with Gasteiger partial charge in [0.15, 0.2) is 5.96 Å². The third kappa shape index (κ3) is 7.47. The summed E-state index contributed by atoms with van der Waals surface area (Å²) >= 11 is 1.76. The fourth-order valence-electron chi connectivity index (χ4n) is 3.54. The van der Waals surface area contributed by atoms with E-state index in [9.17, 15) is 5.11 Å². The number of halogens is 1. The lowest BCUT2D eigenvalue weighted by atomic mass is 10.00. The van der Waals surface area contributed by atoms with Crippen LogP contribution in [0.1, 0.15) is 33.6 Å². The molecule has 1 atom stereocenters. The summed E-state index contributed by atoms with van der Waals surface area (Å²) in [5.74, 6) is 0.750. The predicted molar refractivity (Wildman–Crippen MR) is 136 cm³/mol. The van der Waals surface area contributed by atoms with Crippen LogP contribution in [-0.2, 0) is 19.4 Å². The molecule has 0 saturated heterocycles. The van der Waals surface area contributed by atoms with Crippen molar-refractivity contribution in [2.24, 2.45) is 4.99 Å². The molecule has 6 nitrogen and oxygen atoms in total. The van der Waals surface area contributed by atoms with Crippen LogP contribution in [0, 0.1) is 13.8 Å². The highest BCUT2D eigenvalue weighted by molar-refractivity contribution is 14.0. The maximum Gasteiger partial charge on any atom is 0.191 e. The molecule has 8 heteroatoms. The van der Waals surface area contributed by atoms with Crippen molar-refractivity contribution in [3.05, 3.63) is 51.0 Å². The molecule has 0 spiro atoms. The zero-order valence-corrected chi connectivity index (χ0v) is 21.3. The van der Waals surface area contributed by atoms with Gasteiger partial charge in [-0.1, -0.05) is 24.3 Å². The van der Waals surface area contributed by atoms with E-state index in [4.69, 9.17) is 0 Å². The lowest BCUT2D eigenvalue weighted by Crippen LogP contribution is -2.40. The lowest BCUT2D eigenvalue weighted by molar-refractivity contribution is 0.111. The van der Waals surface area contributed by atoms with Crippen LogP contribution in [0.25, 0.3) is 0 Å². The van der Waals surface area contributed by atoms with Crippen molar-refractivity contribution < 1.29 is 5.11 Å². The van der Waals surface area contributed by atoms with E-state index in [0.29, 0.717) is 13.1 Å². The molecule has 30 heavy (non-hydrogen) atoms. The highest BCUT2D eigenvalue weighted by atomic mass is 127. The van der Waals surface area contributed by atoms with Gasteiger partial charge in [-0.25, -0.2) is 4.98 Å². The van der Waals surface area contributed by atoms with Gasteiger partial charge in [0, 0.05) is 44.0 Å². The second-order valence-electron chi connectivity index (χ2n) is 7.55. The number of β-amino-alcohol motifs (C(OH)–C–C–N with tert-alkyl or cyclic N) is 1. The fourth-order valence-corrected chi connectivity index (χ4v) is 4.47. The molecule has 0 aliphatic carbocycles. The summed E-state index contributed by atoms with van der Waals surface area (Å²) in [4.78, 5) is 12.8. The van der Waals surface area contributed by atoms with Gasteiger partial charge in [-0.05, 0) is 38.3 Å². The lowest BCUT2D eigenvalue weighted by Gasteiger charge is -2.30. The van der Waals surface area contributed by atoms with Gasteiger partial charge in [0.25, 0.3) is 0 Å². The molecule has 1 unspecified atom stereocenters. The standard InChI is InChI=1S/C22H33N5OS.HI/c1-4-23-22(24-11-9-21-26-16(2)17(3)29-21)25-13-20(28)15-27-12-10-18-7-5-6-8-19(18)14-27;/h5-8,20,28H,4,9-15H2,1-3H3,(H2,23,24,25);1H. The van der Waals surface area contributed by atoms with E-state index in [1.807, 2.05) is 6.92 Å². The average Bonchev–Trinajstić information content (AvgIpc) is 3.03. The zero-order valence-electron chi connectivity index (χ0n) is 18.1. The van der Waals surface area contributed by atoms with Crippen molar-refractivity contribution >= 4 is 41.3 Å². The Labute approximate surface area is 201 Å². The average molecular weight is 544 g/mol. The van der Waals surface area contributed by atoms with Crippen LogP contribution < -0.4 is 10.6 Å². The van der Waals surface area contributed by atoms with Gasteiger partial charge >= 0.3 is 0 Å². The number of rotatable bonds is 8. The number of benzene rings is 1. The van der Waals surface area contributed by atoms with E-state index in [-0.39, 0.29) is 24.0 Å². The Morgan fingerprint density at radius 2 is 2.03 bits per heavy atom. The summed E-state index contributed by atoms with van der Waals surface area (Å²) in [5.41, 5.74) is 3.92. The number of hydrogen-bond donors (Lipinski definition) is 3. The first-order valence-electron chi connectivity index (χ1n) is 10.5. The Kier molecular flexibility index (Phi) is 10.5. The number of aryl methyl sites for hydroxylation is 2. The van der Waals surface area contributed by atoms with Crippen LogP contribution in [0.15, 0.2) is 29.3 Å². The molecule has 1 aromatic carbocycles. The minimum absolute atomic E-state index is 0. The first-order chi connectivity index (χ1) is 14.0. The van der Waals surface area contributed by atoms with Gasteiger partial charge in [0.1, 0.15) is 0 Å². The second kappa shape index (κ2) is 12.6. The number of aromatic nitrogens is 1. The predicted octanol–water partition coefficient (Wildman–Crippen LogP) is 2.89. The van der Waals surface area contributed by atoms with E-state index >= 15 is 0 Å². The van der Waals surface area contributed by atoms with Crippen LogP contribution in [0.2, 0.25) is 0 Å². The smallest absolute Gasteiger partial charge is 0.191 e. The van der Waals surface area contributed by atoms with Crippen LogP contribution in [0.4, 0.5) is 0 Å². The molecule has 0 saturated carbocycles. The monoisotopic (exact) mass is 543 g/mol. The van der Waals surface area contributed by atoms with Crippen molar-refractivity contribution in [2.45, 2.75) is 46.3 Å². The maximum atomic E-state index is 10.5. The number of nitrogens with zero attached hydrogens (tertiary/aromatic N) is 3. The highest BCUT2D eigenvalue weighted by Gasteiger charge is 2.18. The quantitative estimate of drug-likeness (QED) is 0.272. The number of fused-ring (bicyclic) bond motifs is 1. The van der Waals surface area contributed by atoms with Crippen molar-refractivity contribution in [1.29, 1.82) is 0 Å². The normalized spacial score (nSPS) is 15.3. The largest absolute Gasteiger partial charge is 0.390 e. The van der Waals surface area contributed by atoms with Gasteiger partial charge in [-0.2, -0.15) is 0 Å². The Bertz CT molecular complexity index is 806. The molecule has 166 valence electrons. The Hall–Kier alpha value is -1.23. The summed E-state index contributed by atoms with van der Waals surface area (Å²) in [5, 5.41) is 18.2. The van der Waals surface area contributed by atoms with Crippen LogP contribution in [0.3, 0.4) is 0 Å². The number of hydrogen-bond acceptors (Lipinski definition) is 5. The molecule has 1 aromatic heterocycles. The maximum absolute atomic E-state index is 10.5. The molecule has 2 aromatic rings. The number of aliphatic imine (C=N–C) groups is 1. The summed E-state index contributed by atoms with van der Waals surface area (Å²) in [6.45, 7) is 10.7. The molecule has 3 rings (SSSR count). The molecule has 1 aliphatic rings. The van der Waals surface area contributed by atoms with Crippen LogP contribution in [0.5, 0.6) is 0 Å². The van der Waals surface area contributed by atoms with Gasteiger partial charge < -0.3 is 15.7 Å². The van der Waals surface area contributed by atoms with E-state index < -0.39 is 6.10 Å². The molecule has 0 radical (unpaired) electrons. The van der Waals surface area contributed by atoms with Crippen molar-refractivity contribution in [2.75, 3.05) is 32.7 Å². The van der Waals surface area contributed by atoms with Gasteiger partial charge in [0.2, 0.25) is 0 Å². The van der Waals surface area contributed by atoms with Gasteiger partial charge in [-0.15, -0.1) is 35.3 Å². The van der Waals surface area contributed by atoms with Gasteiger partial charge in [0.05, 0.1) is 23.4 Å². The summed E-state index contributed by atoms with van der Waals surface area (Å²) in [6, 6.07) is 8.58. The molecule has 2 heterocycles. The third-order valence-electron chi connectivity index (χ3n) is 5.19. The Morgan fingerprint density at radius 1 is 1.27 bits per heavy atom. The molecule has 3 N–H and O–H groups in total. The number of guanidine groups is 1. The number of aliphatic hydroxyl groups is 1. The minimum atomic E-state index is -0.472. The Morgan fingerprint density at radius 3 is 2.73 bits per heavy atom. The second-order valence-corrected chi connectivity index (χ2v) is 8.84. The Balaban J connectivity index is 0.00000320. The minimum Gasteiger partial charge on any atom is -0.390 e. The fraction of sp³-hybridized carbons (Fsp3) is 0.545. The molecule has 0 fully saturated rings. The first-order valence-corrected chi connectivity index (χ1v) is 11.3. The molecular formula is C22H34IN5OS. The van der Waals surface area contributed by atoms with Gasteiger partial charge in [-0.3, -0.25) is 9.89 Å². The van der Waals surface area contributed by atoms with Crippen LogP contribution in [-0.4, -0.2) is 59.8 Å². The topological polar surface area (TPSA) is 72.8 Å². The van der Waals surface area contributed by atoms with Crippen molar-refractivity contribution in [3.63, 3.8) is 0 Å². The van der Waals surface area contributed by atoms with E-state index in [2.05, 4.69) is 63.6 Å². The van der Waals surface area contributed by atoms with E-state index in [1.54, 1.807) is 11.3 Å². The highest BCUT2D eigenvalue weighted by Crippen LogP contribution is 2.18. The molecule has 0 amide bonds. The third-order valence-corrected chi connectivity index (χ3v) is 6.32. The molecule has 1 aliphatic heterocycles. The van der Waals surface area contributed by atoms with Crippen LogP contribution >= 0.6 is 35.3 Å². The number of nitrogens with one attached hydrogen (secondary N) is 2. The first kappa shape index (κ1) is 25.0. The zero-order chi connectivity index (χ0) is 20.6. The number of thiazole rings is 1. The molecule has 0 bridgehead atoms. The summed E-state index contributed by atoms with van der Waals surface area (Å²) in [6.07, 6.45) is 1.45. The SMILES string of the molecule is CCNC(=NCC(O)CN1CCc2ccccc2C1)NCCc1nc(C)c(C)s1.I.